The van der Waals surface area contributed by atoms with Crippen molar-refractivity contribution in [2.24, 2.45) is 0 Å². The molecule has 1 saturated heterocycles. The molecule has 98 valence electrons. The van der Waals surface area contributed by atoms with Crippen LogP contribution in [0.1, 0.15) is 17.3 Å². The molecule has 0 spiro atoms. The highest BCUT2D eigenvalue weighted by atomic mass is 16.1. The quantitative estimate of drug-likeness (QED) is 0.785. The maximum absolute atomic E-state index is 11.3. The molecule has 1 unspecified atom stereocenters. The van der Waals surface area contributed by atoms with Crippen LogP contribution in [0.2, 0.25) is 0 Å². The lowest BCUT2D eigenvalue weighted by atomic mass is 10.1. The van der Waals surface area contributed by atoms with Crippen LogP contribution in [0.3, 0.4) is 0 Å². The second-order valence-electron chi connectivity index (χ2n) is 4.93. The van der Waals surface area contributed by atoms with Crippen molar-refractivity contribution in [3.05, 3.63) is 29.8 Å². The van der Waals surface area contributed by atoms with Gasteiger partial charge in [0.05, 0.1) is 0 Å². The van der Waals surface area contributed by atoms with Crippen molar-refractivity contribution in [3.63, 3.8) is 0 Å². The van der Waals surface area contributed by atoms with Gasteiger partial charge in [-0.05, 0) is 26.1 Å². The second-order valence-corrected chi connectivity index (χ2v) is 4.93. The van der Waals surface area contributed by atoms with E-state index in [2.05, 4.69) is 22.6 Å². The Morgan fingerprint density at radius 1 is 1.56 bits per heavy atom. The van der Waals surface area contributed by atoms with Crippen LogP contribution in [0, 0.1) is 0 Å². The average molecular weight is 247 g/mol. The zero-order valence-corrected chi connectivity index (χ0v) is 11.1. The van der Waals surface area contributed by atoms with Gasteiger partial charge >= 0.3 is 0 Å². The summed E-state index contributed by atoms with van der Waals surface area (Å²) in [5.41, 5.74) is 1.77. The van der Waals surface area contributed by atoms with Gasteiger partial charge < -0.3 is 15.5 Å². The summed E-state index contributed by atoms with van der Waals surface area (Å²) in [6, 6.07) is 8.14. The van der Waals surface area contributed by atoms with E-state index in [1.807, 2.05) is 24.3 Å². The number of rotatable bonds is 4. The Morgan fingerprint density at radius 2 is 2.39 bits per heavy atom. The minimum atomic E-state index is 0.106. The molecule has 4 heteroatoms. The van der Waals surface area contributed by atoms with Gasteiger partial charge in [-0.15, -0.1) is 0 Å². The monoisotopic (exact) mass is 247 g/mol. The molecule has 1 aromatic carbocycles. The van der Waals surface area contributed by atoms with Crippen molar-refractivity contribution in [3.8, 4) is 0 Å². The van der Waals surface area contributed by atoms with Crippen molar-refractivity contribution in [1.29, 1.82) is 0 Å². The minimum Gasteiger partial charge on any atom is -0.383 e. The molecule has 1 aliphatic rings. The van der Waals surface area contributed by atoms with Crippen LogP contribution in [-0.2, 0) is 0 Å². The molecule has 0 aliphatic carbocycles. The third kappa shape index (κ3) is 3.55. The highest BCUT2D eigenvalue weighted by Gasteiger charge is 2.15. The van der Waals surface area contributed by atoms with Gasteiger partial charge in [0.1, 0.15) is 0 Å². The fourth-order valence-electron chi connectivity index (χ4n) is 2.22. The van der Waals surface area contributed by atoms with Crippen molar-refractivity contribution in [2.45, 2.75) is 13.0 Å². The Morgan fingerprint density at radius 3 is 3.11 bits per heavy atom. The molecular formula is C14H21N3O. The number of nitrogens with zero attached hydrogens (tertiary/aromatic N) is 1. The summed E-state index contributed by atoms with van der Waals surface area (Å²) in [5, 5.41) is 6.87. The SMILES string of the molecule is CC(=O)c1cccc(NCC2CN(C)CCN2)c1. The van der Waals surface area contributed by atoms with E-state index in [4.69, 9.17) is 0 Å². The fraction of sp³-hybridized carbons (Fsp3) is 0.500. The Hall–Kier alpha value is -1.39. The van der Waals surface area contributed by atoms with E-state index in [9.17, 15) is 4.79 Å². The molecular weight excluding hydrogens is 226 g/mol. The summed E-state index contributed by atoms with van der Waals surface area (Å²) < 4.78 is 0. The lowest BCUT2D eigenvalue weighted by Crippen LogP contribution is -2.51. The zero-order valence-electron chi connectivity index (χ0n) is 11.1. The van der Waals surface area contributed by atoms with Crippen molar-refractivity contribution in [1.82, 2.24) is 10.2 Å². The van der Waals surface area contributed by atoms with Gasteiger partial charge in [0.15, 0.2) is 5.78 Å². The van der Waals surface area contributed by atoms with Crippen LogP contribution in [0.4, 0.5) is 5.69 Å². The van der Waals surface area contributed by atoms with E-state index in [1.54, 1.807) is 6.92 Å². The van der Waals surface area contributed by atoms with E-state index < -0.39 is 0 Å². The molecule has 0 saturated carbocycles. The number of carbonyl (C=O) groups is 1. The molecule has 0 amide bonds. The van der Waals surface area contributed by atoms with Gasteiger partial charge in [-0.1, -0.05) is 12.1 Å². The van der Waals surface area contributed by atoms with Gasteiger partial charge in [0.2, 0.25) is 0 Å². The first kappa shape index (κ1) is 13.1. The Bertz CT molecular complexity index is 419. The van der Waals surface area contributed by atoms with E-state index >= 15 is 0 Å². The fourth-order valence-corrected chi connectivity index (χ4v) is 2.22. The van der Waals surface area contributed by atoms with Crippen molar-refractivity contribution < 1.29 is 4.79 Å². The first-order valence-corrected chi connectivity index (χ1v) is 6.42. The average Bonchev–Trinajstić information content (AvgIpc) is 2.37. The summed E-state index contributed by atoms with van der Waals surface area (Å²) in [5.74, 6) is 0.106. The van der Waals surface area contributed by atoms with Crippen LogP contribution in [0.15, 0.2) is 24.3 Å². The molecule has 1 aliphatic heterocycles. The second kappa shape index (κ2) is 5.98. The van der Waals surface area contributed by atoms with Gasteiger partial charge in [-0.25, -0.2) is 0 Å². The van der Waals surface area contributed by atoms with E-state index in [0.29, 0.717) is 6.04 Å². The van der Waals surface area contributed by atoms with Crippen LogP contribution in [0.25, 0.3) is 0 Å². The third-order valence-electron chi connectivity index (χ3n) is 3.28. The molecule has 0 aromatic heterocycles. The Balaban J connectivity index is 1.89. The smallest absolute Gasteiger partial charge is 0.159 e. The van der Waals surface area contributed by atoms with Gasteiger partial charge in [0, 0.05) is 43.5 Å². The zero-order chi connectivity index (χ0) is 13.0. The molecule has 4 nitrogen and oxygen atoms in total. The lowest BCUT2D eigenvalue weighted by molar-refractivity contribution is 0.101. The predicted molar refractivity (Wildman–Crippen MR) is 74.2 cm³/mol. The topological polar surface area (TPSA) is 44.4 Å². The number of ketones is 1. The number of hydrogen-bond acceptors (Lipinski definition) is 4. The first-order chi connectivity index (χ1) is 8.65. The standard InChI is InChI=1S/C14H21N3O/c1-11(18)12-4-3-5-13(8-12)16-9-14-10-17(2)7-6-15-14/h3-5,8,14-16H,6-7,9-10H2,1-2H3. The maximum atomic E-state index is 11.3. The third-order valence-corrected chi connectivity index (χ3v) is 3.28. The first-order valence-electron chi connectivity index (χ1n) is 6.42. The summed E-state index contributed by atoms with van der Waals surface area (Å²) in [7, 11) is 2.14. The molecule has 1 atom stereocenters. The molecule has 1 aromatic rings. The van der Waals surface area contributed by atoms with Gasteiger partial charge in [-0.3, -0.25) is 4.79 Å². The summed E-state index contributed by atoms with van der Waals surface area (Å²) in [6.45, 7) is 5.68. The van der Waals surface area contributed by atoms with E-state index in [-0.39, 0.29) is 5.78 Å². The normalized spacial score (nSPS) is 20.7. The van der Waals surface area contributed by atoms with Gasteiger partial charge in [-0.2, -0.15) is 0 Å². The number of piperazine rings is 1. The highest BCUT2D eigenvalue weighted by molar-refractivity contribution is 5.94. The van der Waals surface area contributed by atoms with E-state index in [1.165, 1.54) is 0 Å². The highest BCUT2D eigenvalue weighted by Crippen LogP contribution is 2.11. The summed E-state index contributed by atoms with van der Waals surface area (Å²) >= 11 is 0. The molecule has 18 heavy (non-hydrogen) atoms. The molecule has 0 bridgehead atoms. The number of hydrogen-bond donors (Lipinski definition) is 2. The van der Waals surface area contributed by atoms with Crippen molar-refractivity contribution in [2.75, 3.05) is 38.5 Å². The maximum Gasteiger partial charge on any atom is 0.159 e. The number of Topliss-reactive ketones (excluding diaryl/α,β-unsaturated/α-hetero) is 1. The molecule has 1 fully saturated rings. The molecule has 2 rings (SSSR count). The minimum absolute atomic E-state index is 0.106. The lowest BCUT2D eigenvalue weighted by Gasteiger charge is -2.31. The van der Waals surface area contributed by atoms with Crippen LogP contribution < -0.4 is 10.6 Å². The molecule has 0 radical (unpaired) electrons. The molecule has 2 N–H and O–H groups in total. The van der Waals surface area contributed by atoms with Crippen molar-refractivity contribution >= 4 is 11.5 Å². The number of nitrogens with one attached hydrogen (secondary N) is 2. The van der Waals surface area contributed by atoms with Gasteiger partial charge in [0.25, 0.3) is 0 Å². The number of benzene rings is 1. The van der Waals surface area contributed by atoms with Crippen LogP contribution in [0.5, 0.6) is 0 Å². The van der Waals surface area contributed by atoms with E-state index in [0.717, 1.165) is 37.4 Å². The number of carbonyl (C=O) groups excluding carboxylic acids is 1. The Labute approximate surface area is 108 Å². The summed E-state index contributed by atoms with van der Waals surface area (Å²) in [4.78, 5) is 13.6. The number of likely N-dealkylation sites (N-methyl/N-ethyl adjacent to an activating group) is 1. The molecule has 1 heterocycles. The largest absolute Gasteiger partial charge is 0.383 e. The van der Waals surface area contributed by atoms with Crippen LogP contribution >= 0.6 is 0 Å². The predicted octanol–water partition coefficient (Wildman–Crippen LogP) is 1.20. The van der Waals surface area contributed by atoms with Crippen LogP contribution in [-0.4, -0.2) is 50.0 Å². The summed E-state index contributed by atoms with van der Waals surface area (Å²) in [6.07, 6.45) is 0. The Kier molecular flexibility index (Phi) is 4.33. The number of anilines is 1.